The number of likely N-dealkylation sites (tertiary alicyclic amines) is 1. The van der Waals surface area contributed by atoms with Crippen LogP contribution in [-0.2, 0) is 11.3 Å². The van der Waals surface area contributed by atoms with Crippen molar-refractivity contribution >= 4 is 11.7 Å². The van der Waals surface area contributed by atoms with Crippen molar-refractivity contribution in [2.45, 2.75) is 60.0 Å². The quantitative estimate of drug-likeness (QED) is 0.889. The summed E-state index contributed by atoms with van der Waals surface area (Å²) in [6.45, 7) is 12.1. The Morgan fingerprint density at radius 1 is 1.30 bits per heavy atom. The highest BCUT2D eigenvalue weighted by Crippen LogP contribution is 2.25. The third-order valence-corrected chi connectivity index (χ3v) is 4.50. The number of rotatable bonds is 4. The molecule has 1 amide bonds. The summed E-state index contributed by atoms with van der Waals surface area (Å²) in [6.07, 6.45) is 1.87. The van der Waals surface area contributed by atoms with E-state index in [0.29, 0.717) is 12.6 Å². The van der Waals surface area contributed by atoms with E-state index in [-0.39, 0.29) is 17.9 Å². The predicted octanol–water partition coefficient (Wildman–Crippen LogP) is 1.94. The number of aryl methyl sites for hydroxylation is 1. The first-order chi connectivity index (χ1) is 10.7. The van der Waals surface area contributed by atoms with E-state index < -0.39 is 0 Å². The molecule has 23 heavy (non-hydrogen) atoms. The van der Waals surface area contributed by atoms with Crippen molar-refractivity contribution in [3.05, 3.63) is 11.3 Å². The summed E-state index contributed by atoms with van der Waals surface area (Å²) in [5.41, 5.74) is 1.81. The van der Waals surface area contributed by atoms with Gasteiger partial charge in [-0.15, -0.1) is 0 Å². The van der Waals surface area contributed by atoms with Gasteiger partial charge in [-0.2, -0.15) is 5.10 Å². The highest BCUT2D eigenvalue weighted by Gasteiger charge is 2.30. The van der Waals surface area contributed by atoms with Gasteiger partial charge >= 0.3 is 0 Å². The van der Waals surface area contributed by atoms with Crippen molar-refractivity contribution in [3.63, 3.8) is 0 Å². The molecule has 2 rings (SSSR count). The Hall–Kier alpha value is -1.56. The number of aliphatic hydroxyl groups is 1. The first-order valence-corrected chi connectivity index (χ1v) is 8.45. The van der Waals surface area contributed by atoms with Crippen LogP contribution in [0.3, 0.4) is 0 Å². The van der Waals surface area contributed by atoms with E-state index in [2.05, 4.69) is 17.3 Å². The van der Waals surface area contributed by atoms with E-state index in [1.54, 1.807) is 0 Å². The topological polar surface area (TPSA) is 70.4 Å². The van der Waals surface area contributed by atoms with Gasteiger partial charge in [-0.1, -0.05) is 20.8 Å². The van der Waals surface area contributed by atoms with Crippen LogP contribution < -0.4 is 5.32 Å². The molecule has 6 nitrogen and oxygen atoms in total. The van der Waals surface area contributed by atoms with Gasteiger partial charge in [-0.05, 0) is 26.7 Å². The summed E-state index contributed by atoms with van der Waals surface area (Å²) in [6, 6.07) is 0.339. The van der Waals surface area contributed by atoms with E-state index in [0.717, 1.165) is 43.0 Å². The van der Waals surface area contributed by atoms with Gasteiger partial charge in [0.15, 0.2) is 0 Å². The van der Waals surface area contributed by atoms with E-state index >= 15 is 0 Å². The van der Waals surface area contributed by atoms with Crippen molar-refractivity contribution in [2.24, 2.45) is 5.41 Å². The lowest BCUT2D eigenvalue weighted by atomic mass is 9.93. The summed E-state index contributed by atoms with van der Waals surface area (Å²) >= 11 is 0. The van der Waals surface area contributed by atoms with Crippen molar-refractivity contribution < 1.29 is 9.90 Å². The molecular weight excluding hydrogens is 292 g/mol. The molecule has 0 spiro atoms. The third-order valence-electron chi connectivity index (χ3n) is 4.50. The van der Waals surface area contributed by atoms with Crippen LogP contribution in [0.25, 0.3) is 0 Å². The number of carbonyl (C=O) groups is 1. The number of piperidine rings is 1. The molecule has 1 aromatic rings. The molecule has 6 heteroatoms. The SMILES string of the molecule is Cc1nn(CCO)c(NC2CCN(C(=O)C(C)(C)C)CC2)c1C. The lowest BCUT2D eigenvalue weighted by molar-refractivity contribution is -0.140. The van der Waals surface area contributed by atoms with Gasteiger partial charge in [-0.3, -0.25) is 4.79 Å². The number of hydrogen-bond donors (Lipinski definition) is 2. The van der Waals surface area contributed by atoms with Crippen LogP contribution in [0.2, 0.25) is 0 Å². The molecule has 130 valence electrons. The van der Waals surface area contributed by atoms with Gasteiger partial charge in [0.1, 0.15) is 5.82 Å². The standard InChI is InChI=1S/C17H30N4O2/c1-12-13(2)19-21(10-11-22)15(12)18-14-6-8-20(9-7-14)16(23)17(3,4)5/h14,18,22H,6-11H2,1-5H3. The molecule has 0 radical (unpaired) electrons. The summed E-state index contributed by atoms with van der Waals surface area (Å²) < 4.78 is 1.84. The van der Waals surface area contributed by atoms with Crippen LogP contribution in [0, 0.1) is 19.3 Å². The number of hydrogen-bond acceptors (Lipinski definition) is 4. The zero-order chi connectivity index (χ0) is 17.2. The lowest BCUT2D eigenvalue weighted by Crippen LogP contribution is -2.46. The Kier molecular flexibility index (Phi) is 5.34. The normalized spacial score (nSPS) is 16.7. The van der Waals surface area contributed by atoms with Crippen LogP contribution in [-0.4, -0.2) is 51.4 Å². The zero-order valence-corrected chi connectivity index (χ0v) is 15.0. The highest BCUT2D eigenvalue weighted by molar-refractivity contribution is 5.81. The number of aliphatic hydroxyl groups excluding tert-OH is 1. The van der Waals surface area contributed by atoms with Crippen molar-refractivity contribution in [2.75, 3.05) is 25.0 Å². The molecule has 1 aliphatic heterocycles. The molecule has 2 N–H and O–H groups in total. The van der Waals surface area contributed by atoms with Crippen LogP contribution in [0.1, 0.15) is 44.9 Å². The summed E-state index contributed by atoms with van der Waals surface area (Å²) in [5, 5.41) is 17.2. The van der Waals surface area contributed by atoms with Crippen LogP contribution in [0.4, 0.5) is 5.82 Å². The minimum absolute atomic E-state index is 0.0772. The average molecular weight is 322 g/mol. The Morgan fingerprint density at radius 3 is 2.43 bits per heavy atom. The van der Waals surface area contributed by atoms with Crippen molar-refractivity contribution in [1.82, 2.24) is 14.7 Å². The second-order valence-electron chi connectivity index (χ2n) is 7.47. The molecule has 0 saturated carbocycles. The number of nitrogens with zero attached hydrogens (tertiary/aromatic N) is 3. The maximum atomic E-state index is 12.3. The number of nitrogens with one attached hydrogen (secondary N) is 1. The number of amides is 1. The minimum Gasteiger partial charge on any atom is -0.394 e. The molecule has 1 fully saturated rings. The average Bonchev–Trinajstić information content (AvgIpc) is 2.74. The van der Waals surface area contributed by atoms with Crippen molar-refractivity contribution in [1.29, 1.82) is 0 Å². The lowest BCUT2D eigenvalue weighted by Gasteiger charge is -2.36. The second-order valence-corrected chi connectivity index (χ2v) is 7.47. The molecule has 1 aromatic heterocycles. The largest absolute Gasteiger partial charge is 0.394 e. The molecule has 1 saturated heterocycles. The fourth-order valence-corrected chi connectivity index (χ4v) is 3.00. The smallest absolute Gasteiger partial charge is 0.227 e. The van der Waals surface area contributed by atoms with Gasteiger partial charge in [0, 0.05) is 30.1 Å². The number of carbonyl (C=O) groups excluding carboxylic acids is 1. The van der Waals surface area contributed by atoms with E-state index in [1.165, 1.54) is 0 Å². The molecule has 0 unspecified atom stereocenters. The first-order valence-electron chi connectivity index (χ1n) is 8.45. The number of aromatic nitrogens is 2. The molecular formula is C17H30N4O2. The Morgan fingerprint density at radius 2 is 1.91 bits per heavy atom. The van der Waals surface area contributed by atoms with Gasteiger partial charge in [0.2, 0.25) is 5.91 Å². The molecule has 0 aromatic carbocycles. The molecule has 0 bridgehead atoms. The van der Waals surface area contributed by atoms with E-state index in [9.17, 15) is 9.90 Å². The monoisotopic (exact) mass is 322 g/mol. The summed E-state index contributed by atoms with van der Waals surface area (Å²) in [5.74, 6) is 1.23. The fourth-order valence-electron chi connectivity index (χ4n) is 3.00. The Bertz CT molecular complexity index is 552. The molecule has 0 atom stereocenters. The third kappa shape index (κ3) is 4.05. The maximum Gasteiger partial charge on any atom is 0.227 e. The molecule has 1 aliphatic rings. The fraction of sp³-hybridized carbons (Fsp3) is 0.765. The van der Waals surface area contributed by atoms with Gasteiger partial charge in [-0.25, -0.2) is 4.68 Å². The Balaban J connectivity index is 1.98. The molecule has 2 heterocycles. The number of anilines is 1. The van der Waals surface area contributed by atoms with E-state index in [1.807, 2.05) is 37.3 Å². The van der Waals surface area contributed by atoms with E-state index in [4.69, 9.17) is 0 Å². The Labute approximate surface area is 138 Å². The first kappa shape index (κ1) is 17.8. The zero-order valence-electron chi connectivity index (χ0n) is 15.0. The van der Waals surface area contributed by atoms with Crippen LogP contribution in [0.15, 0.2) is 0 Å². The van der Waals surface area contributed by atoms with Gasteiger partial charge < -0.3 is 15.3 Å². The van der Waals surface area contributed by atoms with Gasteiger partial charge in [0.25, 0.3) is 0 Å². The molecule has 0 aliphatic carbocycles. The minimum atomic E-state index is -0.312. The summed E-state index contributed by atoms with van der Waals surface area (Å²) in [7, 11) is 0. The summed E-state index contributed by atoms with van der Waals surface area (Å²) in [4.78, 5) is 14.3. The van der Waals surface area contributed by atoms with Crippen LogP contribution in [0.5, 0.6) is 0 Å². The highest BCUT2D eigenvalue weighted by atomic mass is 16.3. The van der Waals surface area contributed by atoms with Crippen LogP contribution >= 0.6 is 0 Å². The maximum absolute atomic E-state index is 12.3. The van der Waals surface area contributed by atoms with Gasteiger partial charge in [0.05, 0.1) is 18.8 Å². The predicted molar refractivity (Wildman–Crippen MR) is 91.5 cm³/mol. The second kappa shape index (κ2) is 6.91. The van der Waals surface area contributed by atoms with Crippen molar-refractivity contribution in [3.8, 4) is 0 Å².